The molecular formula is C24H34N2O3. The quantitative estimate of drug-likeness (QED) is 0.736. The molecule has 4 bridgehead atoms. The average Bonchev–Trinajstić information content (AvgIpc) is 2.69. The van der Waals surface area contributed by atoms with Gasteiger partial charge in [0.15, 0.2) is 0 Å². The van der Waals surface area contributed by atoms with Crippen LogP contribution in [0, 0.1) is 29.1 Å². The number of hydrogen-bond acceptors (Lipinski definition) is 3. The Bertz CT molecular complexity index is 721. The largest absolute Gasteiger partial charge is 0.497 e. The summed E-state index contributed by atoms with van der Waals surface area (Å²) in [5, 5.41) is 6.16. The number of carbonyl (C=O) groups is 2. The number of methoxy groups -OCH3 is 1. The lowest BCUT2D eigenvalue weighted by molar-refractivity contribution is -0.149. The van der Waals surface area contributed by atoms with Gasteiger partial charge in [-0.3, -0.25) is 9.59 Å². The third-order valence-electron chi connectivity index (χ3n) is 7.38. The summed E-state index contributed by atoms with van der Waals surface area (Å²) in [6.45, 7) is 4.44. The second-order valence-corrected chi connectivity index (χ2v) is 9.96. The molecule has 0 heterocycles. The fourth-order valence-electron chi connectivity index (χ4n) is 6.26. The Hall–Kier alpha value is -2.04. The fraction of sp³-hybridized carbons (Fsp3) is 0.667. The Morgan fingerprint density at radius 1 is 1.03 bits per heavy atom. The number of rotatable bonds is 7. The molecule has 158 valence electrons. The maximum atomic E-state index is 13.4. The summed E-state index contributed by atoms with van der Waals surface area (Å²) in [6.07, 6.45) is 6.98. The molecule has 0 radical (unpaired) electrons. The highest BCUT2D eigenvalue weighted by molar-refractivity contribution is 5.90. The zero-order valence-corrected chi connectivity index (χ0v) is 17.9. The van der Waals surface area contributed by atoms with E-state index < -0.39 is 6.04 Å². The lowest BCUT2D eigenvalue weighted by atomic mass is 9.49. The van der Waals surface area contributed by atoms with Crippen molar-refractivity contribution in [2.45, 2.75) is 65.0 Å². The lowest BCUT2D eigenvalue weighted by Crippen LogP contribution is -2.58. The van der Waals surface area contributed by atoms with E-state index in [1.165, 1.54) is 19.3 Å². The second-order valence-electron chi connectivity index (χ2n) is 9.96. The van der Waals surface area contributed by atoms with Gasteiger partial charge >= 0.3 is 0 Å². The monoisotopic (exact) mass is 398 g/mol. The minimum atomic E-state index is -0.492. The summed E-state index contributed by atoms with van der Waals surface area (Å²) in [5.74, 6) is 3.01. The minimum absolute atomic E-state index is 0.0451. The number of amides is 2. The third-order valence-corrected chi connectivity index (χ3v) is 7.38. The minimum Gasteiger partial charge on any atom is -0.497 e. The summed E-state index contributed by atoms with van der Waals surface area (Å²) in [4.78, 5) is 26.2. The number of ether oxygens (including phenoxy) is 1. The molecule has 1 aromatic rings. The summed E-state index contributed by atoms with van der Waals surface area (Å²) in [5.41, 5.74) is 0.784. The number of carbonyl (C=O) groups excluding carboxylic acids is 2. The molecule has 1 atom stereocenters. The lowest BCUT2D eigenvalue weighted by Gasteiger charge is -2.55. The summed E-state index contributed by atoms with van der Waals surface area (Å²) < 4.78 is 5.17. The summed E-state index contributed by atoms with van der Waals surface area (Å²) in [6, 6.07) is 7.16. The van der Waals surface area contributed by atoms with Crippen LogP contribution in [0.5, 0.6) is 5.75 Å². The van der Waals surface area contributed by atoms with Gasteiger partial charge < -0.3 is 15.4 Å². The first-order valence-corrected chi connectivity index (χ1v) is 11.1. The van der Waals surface area contributed by atoms with Crippen LogP contribution in [0.2, 0.25) is 0 Å². The van der Waals surface area contributed by atoms with Gasteiger partial charge in [-0.1, -0.05) is 26.0 Å². The summed E-state index contributed by atoms with van der Waals surface area (Å²) >= 11 is 0. The molecule has 0 unspecified atom stereocenters. The highest BCUT2D eigenvalue weighted by Crippen LogP contribution is 2.60. The standard InChI is InChI=1S/C24H34N2O3/c1-15(2)21(22(27)25-14-16-4-6-20(29-3)7-5-16)26-23(28)24-11-17-8-18(12-24)10-19(9-17)13-24/h4-7,15,17-19,21H,8-14H2,1-3H3,(H,25,27)(H,26,28)/t17?,18?,19?,21-,24?/m0/s1. The molecule has 0 saturated heterocycles. The highest BCUT2D eigenvalue weighted by atomic mass is 16.5. The Labute approximate surface area is 174 Å². The zero-order chi connectivity index (χ0) is 20.6. The maximum absolute atomic E-state index is 13.4. The van der Waals surface area contributed by atoms with Gasteiger partial charge in [0.1, 0.15) is 11.8 Å². The first kappa shape index (κ1) is 20.2. The first-order chi connectivity index (χ1) is 13.9. The van der Waals surface area contributed by atoms with Gasteiger partial charge in [0.25, 0.3) is 0 Å². The molecule has 0 aromatic heterocycles. The predicted molar refractivity (Wildman–Crippen MR) is 112 cm³/mol. The van der Waals surface area contributed by atoms with E-state index >= 15 is 0 Å². The Morgan fingerprint density at radius 2 is 1.59 bits per heavy atom. The van der Waals surface area contributed by atoms with Gasteiger partial charge in [-0.25, -0.2) is 0 Å². The smallest absolute Gasteiger partial charge is 0.243 e. The fourth-order valence-corrected chi connectivity index (χ4v) is 6.26. The molecule has 4 saturated carbocycles. The molecule has 1 aromatic carbocycles. The Kier molecular flexibility index (Phi) is 5.58. The van der Waals surface area contributed by atoms with E-state index in [0.717, 1.165) is 30.6 Å². The van der Waals surface area contributed by atoms with E-state index in [2.05, 4.69) is 10.6 Å². The van der Waals surface area contributed by atoms with Gasteiger partial charge in [-0.2, -0.15) is 0 Å². The van der Waals surface area contributed by atoms with E-state index in [0.29, 0.717) is 24.3 Å². The van der Waals surface area contributed by atoms with Crippen molar-refractivity contribution in [1.82, 2.24) is 10.6 Å². The SMILES string of the molecule is COc1ccc(CNC(=O)[C@@H](NC(=O)C23CC4CC(CC(C4)C2)C3)C(C)C)cc1. The van der Waals surface area contributed by atoms with E-state index in [1.54, 1.807) is 7.11 Å². The Morgan fingerprint density at radius 3 is 2.07 bits per heavy atom. The number of hydrogen-bond donors (Lipinski definition) is 2. The van der Waals surface area contributed by atoms with Crippen LogP contribution in [0.1, 0.15) is 57.9 Å². The van der Waals surface area contributed by atoms with Crippen molar-refractivity contribution in [2.75, 3.05) is 7.11 Å². The molecule has 5 heteroatoms. The molecule has 2 N–H and O–H groups in total. The third kappa shape index (κ3) is 4.15. The molecule has 2 amide bonds. The molecule has 29 heavy (non-hydrogen) atoms. The van der Waals surface area contributed by atoms with Crippen LogP contribution in [-0.2, 0) is 16.1 Å². The number of benzene rings is 1. The van der Waals surface area contributed by atoms with Gasteiger partial charge in [-0.15, -0.1) is 0 Å². The van der Waals surface area contributed by atoms with Crippen molar-refractivity contribution in [1.29, 1.82) is 0 Å². The second kappa shape index (κ2) is 8.00. The Balaban J connectivity index is 1.38. The summed E-state index contributed by atoms with van der Waals surface area (Å²) in [7, 11) is 1.64. The van der Waals surface area contributed by atoms with Crippen LogP contribution < -0.4 is 15.4 Å². The normalized spacial score (nSPS) is 30.8. The van der Waals surface area contributed by atoms with E-state index in [-0.39, 0.29) is 23.1 Å². The van der Waals surface area contributed by atoms with Crippen LogP contribution in [0.15, 0.2) is 24.3 Å². The van der Waals surface area contributed by atoms with Gasteiger partial charge in [0, 0.05) is 12.0 Å². The molecular weight excluding hydrogens is 364 g/mol. The van der Waals surface area contributed by atoms with Crippen molar-refractivity contribution in [2.24, 2.45) is 29.1 Å². The molecule has 5 rings (SSSR count). The molecule has 4 aliphatic rings. The van der Waals surface area contributed by atoms with Crippen molar-refractivity contribution < 1.29 is 14.3 Å². The molecule has 0 aliphatic heterocycles. The van der Waals surface area contributed by atoms with Crippen LogP contribution in [-0.4, -0.2) is 25.0 Å². The van der Waals surface area contributed by atoms with Crippen LogP contribution >= 0.6 is 0 Å². The molecule has 4 fully saturated rings. The van der Waals surface area contributed by atoms with Crippen molar-refractivity contribution in [3.05, 3.63) is 29.8 Å². The van der Waals surface area contributed by atoms with Crippen molar-refractivity contribution in [3.63, 3.8) is 0 Å². The highest BCUT2D eigenvalue weighted by Gasteiger charge is 2.55. The van der Waals surface area contributed by atoms with Gasteiger partial charge in [-0.05, 0) is 79.9 Å². The topological polar surface area (TPSA) is 67.4 Å². The van der Waals surface area contributed by atoms with E-state index in [1.807, 2.05) is 38.1 Å². The van der Waals surface area contributed by atoms with E-state index in [4.69, 9.17) is 4.74 Å². The first-order valence-electron chi connectivity index (χ1n) is 11.1. The van der Waals surface area contributed by atoms with Gasteiger partial charge in [0.05, 0.1) is 7.11 Å². The molecule has 0 spiro atoms. The predicted octanol–water partition coefficient (Wildman–Crippen LogP) is 3.67. The van der Waals surface area contributed by atoms with Gasteiger partial charge in [0.2, 0.25) is 11.8 Å². The van der Waals surface area contributed by atoms with Crippen LogP contribution in [0.4, 0.5) is 0 Å². The van der Waals surface area contributed by atoms with Crippen LogP contribution in [0.3, 0.4) is 0 Å². The maximum Gasteiger partial charge on any atom is 0.243 e. The zero-order valence-electron chi connectivity index (χ0n) is 17.9. The van der Waals surface area contributed by atoms with Crippen molar-refractivity contribution in [3.8, 4) is 5.75 Å². The molecule has 5 nitrogen and oxygen atoms in total. The van der Waals surface area contributed by atoms with E-state index in [9.17, 15) is 9.59 Å². The van der Waals surface area contributed by atoms with Crippen LogP contribution in [0.25, 0.3) is 0 Å². The average molecular weight is 399 g/mol. The number of nitrogens with one attached hydrogen (secondary N) is 2. The molecule has 4 aliphatic carbocycles. The van der Waals surface area contributed by atoms with Crippen molar-refractivity contribution >= 4 is 11.8 Å².